The van der Waals surface area contributed by atoms with Crippen LogP contribution in [0, 0.1) is 17.7 Å². The molecule has 0 unspecified atom stereocenters. The second-order valence-electron chi connectivity index (χ2n) is 4.95. The molecule has 0 aromatic heterocycles. The summed E-state index contributed by atoms with van der Waals surface area (Å²) in [7, 11) is -3.81. The minimum atomic E-state index is -3.81. The van der Waals surface area contributed by atoms with Crippen molar-refractivity contribution < 1.29 is 17.9 Å². The van der Waals surface area contributed by atoms with E-state index in [0.29, 0.717) is 18.5 Å². The number of halogens is 1. The third-order valence-electron chi connectivity index (χ3n) is 3.23. The molecule has 1 saturated carbocycles. The zero-order valence-corrected chi connectivity index (χ0v) is 12.7. The summed E-state index contributed by atoms with van der Waals surface area (Å²) in [6.07, 6.45) is 2.36. The van der Waals surface area contributed by atoms with Gasteiger partial charge in [0.25, 0.3) is 0 Å². The molecule has 4 nitrogen and oxygen atoms in total. The summed E-state index contributed by atoms with van der Waals surface area (Å²) >= 11 is 0. The first-order valence-corrected chi connectivity index (χ1v) is 8.35. The van der Waals surface area contributed by atoms with Gasteiger partial charge in [-0.1, -0.05) is 18.8 Å². The topological polar surface area (TPSA) is 57.6 Å². The lowest BCUT2D eigenvalue weighted by atomic mass is 10.2. The van der Waals surface area contributed by atoms with E-state index in [1.165, 1.54) is 16.4 Å². The molecule has 1 aliphatic rings. The maximum absolute atomic E-state index is 14.1. The Kier molecular flexibility index (Phi) is 4.99. The fraction of sp³-hybridized carbons (Fsp3) is 0.467. The van der Waals surface area contributed by atoms with Crippen LogP contribution in [0.1, 0.15) is 31.7 Å². The van der Waals surface area contributed by atoms with E-state index in [-0.39, 0.29) is 17.5 Å². The zero-order chi connectivity index (χ0) is 15.5. The Morgan fingerprint density at radius 1 is 1.43 bits per heavy atom. The van der Waals surface area contributed by atoms with Gasteiger partial charge < -0.3 is 5.11 Å². The molecule has 1 aromatic rings. The second kappa shape index (κ2) is 6.56. The molecular formula is C15H18FNO3S. The van der Waals surface area contributed by atoms with Gasteiger partial charge in [-0.15, -0.1) is 0 Å². The number of hydrogen-bond acceptors (Lipinski definition) is 3. The SMILES string of the molecule is CCCN(C1CC1)S(=O)(=O)c1ccc(C#CCO)cc1F. The molecule has 0 heterocycles. The van der Waals surface area contributed by atoms with Crippen molar-refractivity contribution in [2.24, 2.45) is 0 Å². The van der Waals surface area contributed by atoms with Crippen LogP contribution >= 0.6 is 0 Å². The summed E-state index contributed by atoms with van der Waals surface area (Å²) in [5, 5.41) is 8.61. The molecule has 0 aliphatic heterocycles. The Morgan fingerprint density at radius 3 is 2.67 bits per heavy atom. The van der Waals surface area contributed by atoms with Gasteiger partial charge in [0.2, 0.25) is 10.0 Å². The van der Waals surface area contributed by atoms with Gasteiger partial charge in [-0.3, -0.25) is 0 Å². The largest absolute Gasteiger partial charge is 0.384 e. The summed E-state index contributed by atoms with van der Waals surface area (Å²) in [6, 6.07) is 3.79. The lowest BCUT2D eigenvalue weighted by Gasteiger charge is -2.21. The van der Waals surface area contributed by atoms with E-state index < -0.39 is 15.8 Å². The van der Waals surface area contributed by atoms with Crippen molar-refractivity contribution >= 4 is 10.0 Å². The van der Waals surface area contributed by atoms with Crippen molar-refractivity contribution in [1.82, 2.24) is 4.31 Å². The zero-order valence-electron chi connectivity index (χ0n) is 11.8. The average molecular weight is 311 g/mol. The Balaban J connectivity index is 2.35. The maximum Gasteiger partial charge on any atom is 0.246 e. The fourth-order valence-corrected chi connectivity index (χ4v) is 3.96. The van der Waals surface area contributed by atoms with E-state index >= 15 is 0 Å². The molecule has 21 heavy (non-hydrogen) atoms. The van der Waals surface area contributed by atoms with Crippen LogP contribution in [0.2, 0.25) is 0 Å². The smallest absolute Gasteiger partial charge is 0.246 e. The standard InChI is InChI=1S/C15H18FNO3S/c1-2-9-17(13-6-7-13)21(19,20)15-8-5-12(4-3-10-18)11-14(15)16/h5,8,11,13,18H,2,6-7,9-10H2,1H3. The quantitative estimate of drug-likeness (QED) is 0.843. The fourth-order valence-electron chi connectivity index (χ4n) is 2.14. The summed E-state index contributed by atoms with van der Waals surface area (Å²) < 4.78 is 40.6. The molecule has 2 rings (SSSR count). The molecule has 0 radical (unpaired) electrons. The molecule has 0 spiro atoms. The summed E-state index contributed by atoms with van der Waals surface area (Å²) in [5.74, 6) is 4.15. The number of nitrogens with zero attached hydrogens (tertiary/aromatic N) is 1. The number of rotatable bonds is 5. The van der Waals surface area contributed by atoms with E-state index in [0.717, 1.165) is 18.9 Å². The van der Waals surface area contributed by atoms with Crippen LogP contribution in [0.25, 0.3) is 0 Å². The van der Waals surface area contributed by atoms with Crippen LogP contribution in [0.4, 0.5) is 4.39 Å². The highest BCUT2D eigenvalue weighted by Crippen LogP contribution is 2.33. The van der Waals surface area contributed by atoms with Crippen LogP contribution < -0.4 is 0 Å². The van der Waals surface area contributed by atoms with E-state index in [1.807, 2.05) is 6.92 Å². The van der Waals surface area contributed by atoms with Crippen molar-refractivity contribution in [2.75, 3.05) is 13.2 Å². The molecule has 1 N–H and O–H groups in total. The van der Waals surface area contributed by atoms with Crippen molar-refractivity contribution in [3.8, 4) is 11.8 Å². The first-order valence-electron chi connectivity index (χ1n) is 6.91. The molecule has 1 aromatic carbocycles. The predicted molar refractivity (Wildman–Crippen MR) is 77.6 cm³/mol. The Bertz CT molecular complexity index is 672. The van der Waals surface area contributed by atoms with Crippen LogP contribution in [0.5, 0.6) is 0 Å². The first kappa shape index (κ1) is 16.0. The number of hydrogen-bond donors (Lipinski definition) is 1. The van der Waals surface area contributed by atoms with Crippen LogP contribution in [-0.2, 0) is 10.0 Å². The minimum Gasteiger partial charge on any atom is -0.384 e. The molecule has 0 bridgehead atoms. The van der Waals surface area contributed by atoms with Crippen molar-refractivity contribution in [2.45, 2.75) is 37.1 Å². The summed E-state index contributed by atoms with van der Waals surface area (Å²) in [6.45, 7) is 1.97. The van der Waals surface area contributed by atoms with Gasteiger partial charge in [0.1, 0.15) is 17.3 Å². The molecular weight excluding hydrogens is 293 g/mol. The molecule has 1 fully saturated rings. The van der Waals surface area contributed by atoms with Gasteiger partial charge in [-0.05, 0) is 37.5 Å². The van der Waals surface area contributed by atoms with E-state index in [2.05, 4.69) is 11.8 Å². The molecule has 114 valence electrons. The number of aliphatic hydroxyl groups excluding tert-OH is 1. The monoisotopic (exact) mass is 311 g/mol. The van der Waals surface area contributed by atoms with Gasteiger partial charge in [0.05, 0.1) is 0 Å². The van der Waals surface area contributed by atoms with Crippen LogP contribution in [0.3, 0.4) is 0 Å². The molecule has 0 amide bonds. The third-order valence-corrected chi connectivity index (χ3v) is 5.21. The Hall–Kier alpha value is -1.42. The van der Waals surface area contributed by atoms with Gasteiger partial charge in [-0.2, -0.15) is 4.31 Å². The number of benzene rings is 1. The maximum atomic E-state index is 14.1. The third kappa shape index (κ3) is 3.62. The minimum absolute atomic E-state index is 0.00297. The van der Waals surface area contributed by atoms with Gasteiger partial charge in [-0.25, -0.2) is 12.8 Å². The van der Waals surface area contributed by atoms with E-state index in [9.17, 15) is 12.8 Å². The molecule has 0 saturated heterocycles. The number of aliphatic hydroxyl groups is 1. The highest BCUT2D eigenvalue weighted by molar-refractivity contribution is 7.89. The Labute approximate surface area is 124 Å². The van der Waals surface area contributed by atoms with Crippen molar-refractivity contribution in [1.29, 1.82) is 0 Å². The van der Waals surface area contributed by atoms with Crippen molar-refractivity contribution in [3.05, 3.63) is 29.6 Å². The lowest BCUT2D eigenvalue weighted by molar-refractivity contribution is 0.350. The Morgan fingerprint density at radius 2 is 2.14 bits per heavy atom. The summed E-state index contributed by atoms with van der Waals surface area (Å²) in [5.41, 5.74) is 0.342. The predicted octanol–water partition coefficient (Wildman–Crippen LogP) is 1.73. The number of sulfonamides is 1. The van der Waals surface area contributed by atoms with E-state index in [4.69, 9.17) is 5.11 Å². The first-order chi connectivity index (χ1) is 10.0. The van der Waals surface area contributed by atoms with Gasteiger partial charge in [0, 0.05) is 18.2 Å². The van der Waals surface area contributed by atoms with Crippen LogP contribution in [0.15, 0.2) is 23.1 Å². The van der Waals surface area contributed by atoms with Crippen LogP contribution in [-0.4, -0.2) is 37.0 Å². The highest BCUT2D eigenvalue weighted by atomic mass is 32.2. The lowest BCUT2D eigenvalue weighted by Crippen LogP contribution is -2.34. The average Bonchev–Trinajstić information content (AvgIpc) is 3.26. The van der Waals surface area contributed by atoms with Gasteiger partial charge in [0.15, 0.2) is 0 Å². The molecule has 1 aliphatic carbocycles. The molecule has 0 atom stereocenters. The van der Waals surface area contributed by atoms with E-state index in [1.54, 1.807) is 0 Å². The molecule has 6 heteroatoms. The van der Waals surface area contributed by atoms with Crippen molar-refractivity contribution in [3.63, 3.8) is 0 Å². The summed E-state index contributed by atoms with van der Waals surface area (Å²) in [4.78, 5) is -0.308. The highest BCUT2D eigenvalue weighted by Gasteiger charge is 2.38. The second-order valence-corrected chi connectivity index (χ2v) is 6.81. The van der Waals surface area contributed by atoms with Gasteiger partial charge >= 0.3 is 0 Å². The normalized spacial score (nSPS) is 14.9.